The quantitative estimate of drug-likeness (QED) is 0.605. The molecular formula is C20H19FN6O4. The summed E-state index contributed by atoms with van der Waals surface area (Å²) in [5.74, 6) is -0.400. The standard InChI is InChI=1S/C20H19FN6O4/c21-15-10-23-20(26-18(15)22)31-14-5-7-27(8-6-14)16-9-17(25-11-24-16)30-13-3-1-12(2-4-13)19(28)29/h1-4,9-11,14H,5-8H2,(H,28,29)(H2,22,23,26). The summed E-state index contributed by atoms with van der Waals surface area (Å²) in [7, 11) is 0. The highest BCUT2D eigenvalue weighted by atomic mass is 19.1. The molecule has 1 saturated heterocycles. The third kappa shape index (κ3) is 4.94. The molecule has 2 aromatic heterocycles. The molecule has 10 nitrogen and oxygen atoms in total. The lowest BCUT2D eigenvalue weighted by Crippen LogP contribution is -2.39. The molecule has 0 spiro atoms. The second-order valence-electron chi connectivity index (χ2n) is 6.84. The van der Waals surface area contributed by atoms with Gasteiger partial charge in [-0.1, -0.05) is 0 Å². The number of carbonyl (C=O) groups is 1. The molecule has 1 aliphatic heterocycles. The number of nitrogen functional groups attached to an aromatic ring is 1. The van der Waals surface area contributed by atoms with Crippen LogP contribution >= 0.6 is 0 Å². The Balaban J connectivity index is 1.35. The van der Waals surface area contributed by atoms with E-state index in [0.29, 0.717) is 43.4 Å². The molecule has 3 aromatic rings. The van der Waals surface area contributed by atoms with Crippen LogP contribution in [0.15, 0.2) is 42.9 Å². The average molecular weight is 426 g/mol. The van der Waals surface area contributed by atoms with E-state index in [1.165, 1.54) is 18.5 Å². The molecule has 11 heteroatoms. The van der Waals surface area contributed by atoms with Gasteiger partial charge in [-0.25, -0.2) is 24.1 Å². The van der Waals surface area contributed by atoms with E-state index < -0.39 is 11.8 Å². The maximum atomic E-state index is 13.2. The Morgan fingerprint density at radius 1 is 1.16 bits per heavy atom. The van der Waals surface area contributed by atoms with Crippen molar-refractivity contribution in [1.82, 2.24) is 19.9 Å². The van der Waals surface area contributed by atoms with Crippen molar-refractivity contribution in [3.05, 3.63) is 54.2 Å². The summed E-state index contributed by atoms with van der Waals surface area (Å²) in [6.45, 7) is 1.34. The number of carboxylic acids is 1. The molecule has 1 fully saturated rings. The van der Waals surface area contributed by atoms with Gasteiger partial charge in [0.1, 0.15) is 24.0 Å². The topological polar surface area (TPSA) is 137 Å². The van der Waals surface area contributed by atoms with Gasteiger partial charge in [-0.2, -0.15) is 4.98 Å². The van der Waals surface area contributed by atoms with E-state index in [2.05, 4.69) is 24.8 Å². The fraction of sp³-hybridized carbons (Fsp3) is 0.250. The molecular weight excluding hydrogens is 407 g/mol. The molecule has 0 atom stereocenters. The zero-order valence-corrected chi connectivity index (χ0v) is 16.3. The van der Waals surface area contributed by atoms with Crippen molar-refractivity contribution < 1.29 is 23.8 Å². The summed E-state index contributed by atoms with van der Waals surface area (Å²) in [5, 5.41) is 8.97. The van der Waals surface area contributed by atoms with Crippen LogP contribution in [0.25, 0.3) is 0 Å². The van der Waals surface area contributed by atoms with Crippen LogP contribution in [0, 0.1) is 5.82 Å². The monoisotopic (exact) mass is 426 g/mol. The van der Waals surface area contributed by atoms with Crippen molar-refractivity contribution in [2.75, 3.05) is 23.7 Å². The molecule has 0 saturated carbocycles. The SMILES string of the molecule is Nc1nc(OC2CCN(c3cc(Oc4ccc(C(=O)O)cc4)ncn3)CC2)ncc1F. The van der Waals surface area contributed by atoms with Crippen LogP contribution in [-0.2, 0) is 0 Å². The molecule has 0 amide bonds. The van der Waals surface area contributed by atoms with Crippen LogP contribution in [0.3, 0.4) is 0 Å². The van der Waals surface area contributed by atoms with E-state index in [9.17, 15) is 9.18 Å². The number of anilines is 2. The van der Waals surface area contributed by atoms with Gasteiger partial charge in [0.15, 0.2) is 11.6 Å². The summed E-state index contributed by atoms with van der Waals surface area (Å²) in [5.41, 5.74) is 5.62. The van der Waals surface area contributed by atoms with E-state index in [-0.39, 0.29) is 23.5 Å². The lowest BCUT2D eigenvalue weighted by atomic mass is 10.1. The van der Waals surface area contributed by atoms with Crippen molar-refractivity contribution in [2.24, 2.45) is 0 Å². The van der Waals surface area contributed by atoms with Gasteiger partial charge in [-0.05, 0) is 24.3 Å². The molecule has 1 aromatic carbocycles. The molecule has 31 heavy (non-hydrogen) atoms. The van der Waals surface area contributed by atoms with Crippen molar-refractivity contribution in [2.45, 2.75) is 18.9 Å². The number of benzene rings is 1. The Hall–Kier alpha value is -4.02. The van der Waals surface area contributed by atoms with Crippen molar-refractivity contribution in [1.29, 1.82) is 0 Å². The van der Waals surface area contributed by atoms with Gasteiger partial charge in [0.2, 0.25) is 5.88 Å². The smallest absolute Gasteiger partial charge is 0.335 e. The first-order valence-corrected chi connectivity index (χ1v) is 9.51. The minimum absolute atomic E-state index is 0.0592. The molecule has 160 valence electrons. The number of halogens is 1. The van der Waals surface area contributed by atoms with Crippen molar-refractivity contribution >= 4 is 17.6 Å². The fourth-order valence-electron chi connectivity index (χ4n) is 3.12. The molecule has 0 bridgehead atoms. The number of nitrogens with zero attached hydrogens (tertiary/aromatic N) is 5. The fourth-order valence-corrected chi connectivity index (χ4v) is 3.12. The molecule has 0 unspecified atom stereocenters. The number of piperidine rings is 1. The van der Waals surface area contributed by atoms with Crippen LogP contribution < -0.4 is 20.1 Å². The van der Waals surface area contributed by atoms with Gasteiger partial charge in [0, 0.05) is 32.0 Å². The molecule has 1 aliphatic rings. The zero-order chi connectivity index (χ0) is 21.8. The summed E-state index contributed by atoms with van der Waals surface area (Å²) in [6.07, 6.45) is 3.67. The zero-order valence-electron chi connectivity index (χ0n) is 16.3. The van der Waals surface area contributed by atoms with Crippen molar-refractivity contribution in [3.63, 3.8) is 0 Å². The Kier molecular flexibility index (Phi) is 5.74. The third-order valence-corrected chi connectivity index (χ3v) is 4.74. The van der Waals surface area contributed by atoms with Crippen LogP contribution in [0.5, 0.6) is 17.6 Å². The summed E-state index contributed by atoms with van der Waals surface area (Å²) in [4.78, 5) is 29.0. The predicted molar refractivity (Wildman–Crippen MR) is 108 cm³/mol. The molecule has 3 heterocycles. The van der Waals surface area contributed by atoms with Crippen molar-refractivity contribution in [3.8, 4) is 17.6 Å². The number of hydrogen-bond acceptors (Lipinski definition) is 9. The first-order chi connectivity index (χ1) is 15.0. The molecule has 0 aliphatic carbocycles. The summed E-state index contributed by atoms with van der Waals surface area (Å²) in [6, 6.07) is 7.84. The van der Waals surface area contributed by atoms with E-state index in [1.54, 1.807) is 18.2 Å². The van der Waals surface area contributed by atoms with Gasteiger partial charge in [-0.3, -0.25) is 0 Å². The third-order valence-electron chi connectivity index (χ3n) is 4.74. The maximum Gasteiger partial charge on any atom is 0.335 e. The number of nitrogens with two attached hydrogens (primary N) is 1. The van der Waals surface area contributed by atoms with Gasteiger partial charge < -0.3 is 25.2 Å². The number of aromatic nitrogens is 4. The van der Waals surface area contributed by atoms with Crippen LogP contribution in [0.4, 0.5) is 16.0 Å². The number of ether oxygens (including phenoxy) is 2. The van der Waals surface area contributed by atoms with Gasteiger partial charge >= 0.3 is 12.0 Å². The Morgan fingerprint density at radius 3 is 2.58 bits per heavy atom. The summed E-state index contributed by atoms with van der Waals surface area (Å²) < 4.78 is 24.6. The molecule has 4 rings (SSSR count). The summed E-state index contributed by atoms with van der Waals surface area (Å²) >= 11 is 0. The van der Waals surface area contributed by atoms with E-state index in [0.717, 1.165) is 6.20 Å². The second kappa shape index (κ2) is 8.78. The van der Waals surface area contributed by atoms with E-state index in [4.69, 9.17) is 20.3 Å². The predicted octanol–water partition coefficient (Wildman–Crippen LogP) is 2.53. The highest BCUT2D eigenvalue weighted by Gasteiger charge is 2.23. The van der Waals surface area contributed by atoms with E-state index >= 15 is 0 Å². The Bertz CT molecular complexity index is 1070. The molecule has 0 radical (unpaired) electrons. The highest BCUT2D eigenvalue weighted by molar-refractivity contribution is 5.87. The highest BCUT2D eigenvalue weighted by Crippen LogP contribution is 2.25. The number of aromatic carboxylic acids is 1. The van der Waals surface area contributed by atoms with Crippen LogP contribution in [-0.4, -0.2) is 50.2 Å². The van der Waals surface area contributed by atoms with E-state index in [1.807, 2.05) is 0 Å². The Labute approximate surface area is 176 Å². The maximum absolute atomic E-state index is 13.2. The van der Waals surface area contributed by atoms with Crippen LogP contribution in [0.1, 0.15) is 23.2 Å². The number of carboxylic acid groups (broad SMARTS) is 1. The first-order valence-electron chi connectivity index (χ1n) is 9.51. The average Bonchev–Trinajstić information content (AvgIpc) is 2.77. The normalized spacial score (nSPS) is 14.3. The largest absolute Gasteiger partial charge is 0.478 e. The lowest BCUT2D eigenvalue weighted by Gasteiger charge is -2.32. The minimum atomic E-state index is -1.00. The number of hydrogen-bond donors (Lipinski definition) is 2. The number of rotatable bonds is 6. The lowest BCUT2D eigenvalue weighted by molar-refractivity contribution is 0.0697. The first kappa shape index (κ1) is 20.3. The minimum Gasteiger partial charge on any atom is -0.478 e. The van der Waals surface area contributed by atoms with Gasteiger partial charge in [0.05, 0.1) is 11.8 Å². The van der Waals surface area contributed by atoms with Gasteiger partial charge in [0.25, 0.3) is 0 Å². The van der Waals surface area contributed by atoms with Crippen LogP contribution in [0.2, 0.25) is 0 Å². The Morgan fingerprint density at radius 2 is 1.90 bits per heavy atom. The second-order valence-corrected chi connectivity index (χ2v) is 6.84. The van der Waals surface area contributed by atoms with Gasteiger partial charge in [-0.15, -0.1) is 0 Å². The molecule has 3 N–H and O–H groups in total.